The van der Waals surface area contributed by atoms with Crippen LogP contribution in [0.15, 0.2) is 54.6 Å². The molecule has 1 aliphatic heterocycles. The van der Waals surface area contributed by atoms with Crippen LogP contribution in [0, 0.1) is 0 Å². The number of hydrogen-bond acceptors (Lipinski definition) is 4. The van der Waals surface area contributed by atoms with E-state index in [1.54, 1.807) is 31.2 Å². The largest absolute Gasteiger partial charge is 0.334 e. The smallest absolute Gasteiger partial charge is 0.325 e. The third-order valence-electron chi connectivity index (χ3n) is 4.55. The molecule has 0 aliphatic carbocycles. The van der Waals surface area contributed by atoms with E-state index in [1.165, 1.54) is 0 Å². The maximum Gasteiger partial charge on any atom is 0.325 e. The summed E-state index contributed by atoms with van der Waals surface area (Å²) >= 11 is 5.87. The SMILES string of the molecule is CC1(c2ccc(Cl)cc2)NC(=O)N(CC(=O)NC(=O)NCc2ccccc2)C1=O. The Bertz CT molecular complexity index is 949. The van der Waals surface area contributed by atoms with Gasteiger partial charge in [0, 0.05) is 11.6 Å². The number of rotatable bonds is 5. The summed E-state index contributed by atoms with van der Waals surface area (Å²) in [5.74, 6) is -1.37. The number of carbonyl (C=O) groups is 4. The Morgan fingerprint density at radius 1 is 1.07 bits per heavy atom. The van der Waals surface area contributed by atoms with Crippen LogP contribution in [0.25, 0.3) is 0 Å². The molecule has 0 saturated carbocycles. The molecule has 1 saturated heterocycles. The van der Waals surface area contributed by atoms with Gasteiger partial charge in [-0.3, -0.25) is 19.8 Å². The first-order valence-corrected chi connectivity index (χ1v) is 9.19. The van der Waals surface area contributed by atoms with Gasteiger partial charge in [0.25, 0.3) is 5.91 Å². The molecular formula is C20H19ClN4O4. The van der Waals surface area contributed by atoms with Crippen molar-refractivity contribution in [3.05, 3.63) is 70.7 Å². The van der Waals surface area contributed by atoms with Crippen molar-refractivity contribution < 1.29 is 19.2 Å². The molecular weight excluding hydrogens is 396 g/mol. The summed E-state index contributed by atoms with van der Waals surface area (Å²) in [4.78, 5) is 49.8. The topological polar surface area (TPSA) is 108 Å². The van der Waals surface area contributed by atoms with E-state index >= 15 is 0 Å². The second-order valence-electron chi connectivity index (χ2n) is 6.67. The average Bonchev–Trinajstić information content (AvgIpc) is 2.91. The standard InChI is InChI=1S/C20H19ClN4O4/c1-20(14-7-9-15(21)10-8-14)17(27)25(19(29)24-20)12-16(26)23-18(28)22-11-13-5-3-2-4-6-13/h2-10H,11-12H2,1H3,(H,24,29)(H2,22,23,26,28). The van der Waals surface area contributed by atoms with Crippen LogP contribution in [0.5, 0.6) is 0 Å². The van der Waals surface area contributed by atoms with Gasteiger partial charge in [-0.1, -0.05) is 54.1 Å². The van der Waals surface area contributed by atoms with Gasteiger partial charge in [0.05, 0.1) is 0 Å². The predicted octanol–water partition coefficient (Wildman–Crippen LogP) is 2.13. The van der Waals surface area contributed by atoms with Crippen LogP contribution in [0.2, 0.25) is 5.02 Å². The summed E-state index contributed by atoms with van der Waals surface area (Å²) in [6, 6.07) is 14.2. The van der Waals surface area contributed by atoms with Crippen LogP contribution in [0.3, 0.4) is 0 Å². The molecule has 3 rings (SSSR count). The van der Waals surface area contributed by atoms with E-state index in [1.807, 2.05) is 30.3 Å². The number of carbonyl (C=O) groups excluding carboxylic acids is 4. The highest BCUT2D eigenvalue weighted by Crippen LogP contribution is 2.29. The van der Waals surface area contributed by atoms with Crippen molar-refractivity contribution in [3.63, 3.8) is 0 Å². The molecule has 1 atom stereocenters. The average molecular weight is 415 g/mol. The number of benzene rings is 2. The van der Waals surface area contributed by atoms with Crippen molar-refractivity contribution in [2.24, 2.45) is 0 Å². The van der Waals surface area contributed by atoms with Crippen LogP contribution >= 0.6 is 11.6 Å². The highest BCUT2D eigenvalue weighted by atomic mass is 35.5. The minimum Gasteiger partial charge on any atom is -0.334 e. The molecule has 6 amide bonds. The van der Waals surface area contributed by atoms with Crippen LogP contribution in [-0.4, -0.2) is 35.3 Å². The number of nitrogens with one attached hydrogen (secondary N) is 3. The van der Waals surface area contributed by atoms with Crippen LogP contribution in [0.1, 0.15) is 18.1 Å². The Balaban J connectivity index is 1.58. The molecule has 1 heterocycles. The number of urea groups is 2. The Kier molecular flexibility index (Phi) is 5.84. The van der Waals surface area contributed by atoms with Crippen LogP contribution in [0.4, 0.5) is 9.59 Å². The predicted molar refractivity (Wildman–Crippen MR) is 106 cm³/mol. The fourth-order valence-electron chi connectivity index (χ4n) is 2.95. The molecule has 0 radical (unpaired) electrons. The van der Waals surface area contributed by atoms with Gasteiger partial charge < -0.3 is 10.6 Å². The summed E-state index contributed by atoms with van der Waals surface area (Å²) in [5.41, 5.74) is 0.0732. The molecule has 0 aromatic heterocycles. The highest BCUT2D eigenvalue weighted by Gasteiger charge is 2.49. The highest BCUT2D eigenvalue weighted by molar-refractivity contribution is 6.30. The van der Waals surface area contributed by atoms with Crippen molar-refractivity contribution in [1.82, 2.24) is 20.9 Å². The number of imide groups is 2. The zero-order valence-electron chi connectivity index (χ0n) is 15.6. The minimum absolute atomic E-state index is 0.234. The second kappa shape index (κ2) is 8.32. The van der Waals surface area contributed by atoms with Crippen molar-refractivity contribution in [2.75, 3.05) is 6.54 Å². The maximum absolute atomic E-state index is 12.8. The Morgan fingerprint density at radius 3 is 2.38 bits per heavy atom. The Hall–Kier alpha value is -3.39. The second-order valence-corrected chi connectivity index (χ2v) is 7.11. The summed E-state index contributed by atoms with van der Waals surface area (Å²) in [5, 5.41) is 7.73. The molecule has 29 heavy (non-hydrogen) atoms. The molecule has 8 nitrogen and oxygen atoms in total. The first-order chi connectivity index (χ1) is 13.8. The molecule has 2 aromatic rings. The molecule has 3 N–H and O–H groups in total. The number of amides is 6. The lowest BCUT2D eigenvalue weighted by molar-refractivity contribution is -0.134. The fourth-order valence-corrected chi connectivity index (χ4v) is 3.08. The normalized spacial score (nSPS) is 18.3. The third-order valence-corrected chi connectivity index (χ3v) is 4.80. The van der Waals surface area contributed by atoms with Gasteiger partial charge in [-0.2, -0.15) is 0 Å². The van der Waals surface area contributed by atoms with Crippen LogP contribution < -0.4 is 16.0 Å². The lowest BCUT2D eigenvalue weighted by atomic mass is 9.92. The van der Waals surface area contributed by atoms with Gasteiger partial charge in [0.15, 0.2) is 0 Å². The van der Waals surface area contributed by atoms with Gasteiger partial charge in [0.1, 0.15) is 12.1 Å². The minimum atomic E-state index is -1.32. The van der Waals surface area contributed by atoms with Gasteiger partial charge in [-0.15, -0.1) is 0 Å². The summed E-state index contributed by atoms with van der Waals surface area (Å²) in [6.45, 7) is 1.20. The summed E-state index contributed by atoms with van der Waals surface area (Å²) in [6.07, 6.45) is 0. The zero-order chi connectivity index (χ0) is 21.0. The molecule has 9 heteroatoms. The molecule has 1 aliphatic rings. The van der Waals surface area contributed by atoms with Gasteiger partial charge in [0.2, 0.25) is 5.91 Å². The monoisotopic (exact) mass is 414 g/mol. The molecule has 1 fully saturated rings. The molecule has 0 bridgehead atoms. The summed E-state index contributed by atoms with van der Waals surface area (Å²) < 4.78 is 0. The van der Waals surface area contributed by atoms with E-state index < -0.39 is 36.0 Å². The van der Waals surface area contributed by atoms with Crippen molar-refractivity contribution in [2.45, 2.75) is 19.0 Å². The van der Waals surface area contributed by atoms with E-state index in [-0.39, 0.29) is 6.54 Å². The van der Waals surface area contributed by atoms with Crippen molar-refractivity contribution in [3.8, 4) is 0 Å². The lowest BCUT2D eigenvalue weighted by Crippen LogP contribution is -2.46. The van der Waals surface area contributed by atoms with Gasteiger partial charge >= 0.3 is 12.1 Å². The number of nitrogens with zero attached hydrogens (tertiary/aromatic N) is 1. The third kappa shape index (κ3) is 4.55. The molecule has 2 aromatic carbocycles. The molecule has 1 unspecified atom stereocenters. The van der Waals surface area contributed by atoms with Crippen LogP contribution in [-0.2, 0) is 21.7 Å². The molecule has 150 valence electrons. The zero-order valence-corrected chi connectivity index (χ0v) is 16.3. The lowest BCUT2D eigenvalue weighted by Gasteiger charge is -2.22. The molecule has 0 spiro atoms. The van der Waals surface area contributed by atoms with Gasteiger partial charge in [-0.05, 0) is 30.2 Å². The van der Waals surface area contributed by atoms with E-state index in [2.05, 4.69) is 16.0 Å². The first kappa shape index (κ1) is 20.3. The summed E-state index contributed by atoms with van der Waals surface area (Å²) in [7, 11) is 0. The van der Waals surface area contributed by atoms with E-state index in [0.29, 0.717) is 10.6 Å². The Labute approximate surface area is 172 Å². The maximum atomic E-state index is 12.8. The number of hydrogen-bond donors (Lipinski definition) is 3. The fraction of sp³-hybridized carbons (Fsp3) is 0.200. The van der Waals surface area contributed by atoms with Crippen molar-refractivity contribution >= 4 is 35.5 Å². The van der Waals surface area contributed by atoms with Gasteiger partial charge in [-0.25, -0.2) is 9.59 Å². The van der Waals surface area contributed by atoms with E-state index in [4.69, 9.17) is 11.6 Å². The van der Waals surface area contributed by atoms with E-state index in [0.717, 1.165) is 10.5 Å². The quantitative estimate of drug-likeness (QED) is 0.651. The van der Waals surface area contributed by atoms with E-state index in [9.17, 15) is 19.2 Å². The van der Waals surface area contributed by atoms with Crippen molar-refractivity contribution in [1.29, 1.82) is 0 Å². The number of halogens is 1. The first-order valence-electron chi connectivity index (χ1n) is 8.81. The Morgan fingerprint density at radius 2 is 1.72 bits per heavy atom.